The number of hydrogen-bond acceptors (Lipinski definition) is 5. The normalized spacial score (nSPS) is 11.7. The van der Waals surface area contributed by atoms with E-state index in [0.717, 1.165) is 111 Å². The SMILES string of the molecule is CC(C)(C)c1ccnc(-c2[c-]cccc2)c1.CC(C)c1cc2c(oc3cc(-c4ccccc4)ccc32)c(C(C)C)c1-n1c(-c2[c-]ccc3c2oc2cc(-c4ccc(C#N)cc4)ccc23)nc2ccccc21.[Ir]. The monoisotopic (exact) mass is 1110 g/mol. The Labute approximate surface area is 434 Å². The number of aromatic nitrogens is 3. The fourth-order valence-corrected chi connectivity index (χ4v) is 9.82. The van der Waals surface area contributed by atoms with Gasteiger partial charge in [0.1, 0.15) is 16.7 Å². The van der Waals surface area contributed by atoms with E-state index in [1.165, 1.54) is 11.1 Å². The summed E-state index contributed by atoms with van der Waals surface area (Å²) in [6, 6.07) is 66.8. The Morgan fingerprint density at radius 3 is 1.92 bits per heavy atom. The average molecular weight is 1110 g/mol. The maximum absolute atomic E-state index is 9.31. The molecule has 0 spiro atoms. The number of para-hydroxylation sites is 2. The molecular formula is C65H52IrN4O2-2. The Hall–Kier alpha value is -7.88. The first-order chi connectivity index (χ1) is 34.4. The molecule has 72 heavy (non-hydrogen) atoms. The molecule has 12 rings (SSSR count). The molecule has 4 heterocycles. The van der Waals surface area contributed by atoms with Gasteiger partial charge in [0.2, 0.25) is 0 Å². The van der Waals surface area contributed by atoms with Crippen molar-refractivity contribution in [3.63, 3.8) is 0 Å². The summed E-state index contributed by atoms with van der Waals surface area (Å²) < 4.78 is 16.0. The van der Waals surface area contributed by atoms with E-state index in [9.17, 15) is 5.26 Å². The van der Waals surface area contributed by atoms with E-state index in [4.69, 9.17) is 13.8 Å². The van der Waals surface area contributed by atoms with E-state index in [0.29, 0.717) is 5.56 Å². The Kier molecular flexibility index (Phi) is 12.9. The third-order valence-electron chi connectivity index (χ3n) is 13.5. The van der Waals surface area contributed by atoms with Crippen LogP contribution in [0.5, 0.6) is 0 Å². The van der Waals surface area contributed by atoms with Crippen molar-refractivity contribution in [3.8, 4) is 56.7 Å². The minimum atomic E-state index is 0. The number of fused-ring (bicyclic) bond motifs is 7. The molecule has 0 fully saturated rings. The molecule has 1 radical (unpaired) electrons. The van der Waals surface area contributed by atoms with E-state index in [2.05, 4.69) is 179 Å². The van der Waals surface area contributed by atoms with Crippen LogP contribution in [0.15, 0.2) is 185 Å². The summed E-state index contributed by atoms with van der Waals surface area (Å²) in [5, 5.41) is 13.6. The van der Waals surface area contributed by atoms with E-state index in [1.54, 1.807) is 0 Å². The molecule has 0 amide bonds. The predicted molar refractivity (Wildman–Crippen MR) is 291 cm³/mol. The smallest absolute Gasteiger partial charge is 0.140 e. The Morgan fingerprint density at radius 2 is 1.25 bits per heavy atom. The largest absolute Gasteiger partial charge is 0.501 e. The molecule has 7 heteroatoms. The maximum atomic E-state index is 9.31. The minimum Gasteiger partial charge on any atom is -0.501 e. The van der Waals surface area contributed by atoms with E-state index < -0.39 is 0 Å². The summed E-state index contributed by atoms with van der Waals surface area (Å²) in [7, 11) is 0. The van der Waals surface area contributed by atoms with Crippen molar-refractivity contribution in [2.24, 2.45) is 0 Å². The van der Waals surface area contributed by atoms with E-state index in [-0.39, 0.29) is 37.4 Å². The van der Waals surface area contributed by atoms with Crippen LogP contribution < -0.4 is 0 Å². The molecule has 0 bridgehead atoms. The van der Waals surface area contributed by atoms with Crippen LogP contribution in [0.1, 0.15) is 82.6 Å². The van der Waals surface area contributed by atoms with Gasteiger partial charge in [0, 0.05) is 53.7 Å². The van der Waals surface area contributed by atoms with Gasteiger partial charge in [-0.3, -0.25) is 4.98 Å². The molecule has 0 saturated carbocycles. The first-order valence-corrected chi connectivity index (χ1v) is 24.3. The number of nitrogens with zero attached hydrogens (tertiary/aromatic N) is 4. The third kappa shape index (κ3) is 8.72. The standard InChI is InChI=1S/C50H36N3O2.C15H16N.Ir/c1-29(2)40-27-41-37-24-22-34(32-11-6-5-7-12-32)25-45(37)55-49(41)46(30(3)4)47(40)53-43-16-9-8-15-42(43)52-50(53)39-14-10-13-38-36-23-21-35(26-44(36)54-48(38)39)33-19-17-31(28-51)18-20-33;1-15(2,3)13-9-10-16-14(11-13)12-7-5-4-6-8-12;/h5-13,15-27,29-30H,1-4H3;4-7,9-11H,1-3H3;/q2*-1;. The molecule has 355 valence electrons. The van der Waals surface area contributed by atoms with Gasteiger partial charge in [-0.15, -0.1) is 54.1 Å². The van der Waals surface area contributed by atoms with Crippen molar-refractivity contribution in [3.05, 3.63) is 210 Å². The zero-order chi connectivity index (χ0) is 49.0. The molecule has 6 nitrogen and oxygen atoms in total. The Bertz CT molecular complexity index is 3980. The van der Waals surface area contributed by atoms with Crippen molar-refractivity contribution < 1.29 is 28.9 Å². The van der Waals surface area contributed by atoms with Crippen LogP contribution in [-0.4, -0.2) is 14.5 Å². The van der Waals surface area contributed by atoms with Crippen molar-refractivity contribution in [1.82, 2.24) is 14.5 Å². The van der Waals surface area contributed by atoms with Crippen molar-refractivity contribution >= 4 is 54.9 Å². The molecule has 0 aliphatic carbocycles. The van der Waals surface area contributed by atoms with Crippen LogP contribution in [0.25, 0.3) is 105 Å². The quantitative estimate of drug-likeness (QED) is 0.149. The van der Waals surface area contributed by atoms with Crippen molar-refractivity contribution in [2.75, 3.05) is 0 Å². The van der Waals surface area contributed by atoms with Gasteiger partial charge in [0.15, 0.2) is 0 Å². The number of hydrogen-bond donors (Lipinski definition) is 0. The molecule has 0 N–H and O–H groups in total. The van der Waals surface area contributed by atoms with Gasteiger partial charge in [-0.1, -0.05) is 138 Å². The number of furan rings is 2. The molecule has 0 saturated heterocycles. The molecule has 4 aromatic heterocycles. The molecule has 0 aliphatic heterocycles. The average Bonchev–Trinajstić information content (AvgIpc) is 4.09. The second-order valence-electron chi connectivity index (χ2n) is 19.9. The van der Waals surface area contributed by atoms with Gasteiger partial charge >= 0.3 is 0 Å². The molecule has 0 aliphatic rings. The fraction of sp³-hybridized carbons (Fsp3) is 0.154. The number of rotatable bonds is 7. The second kappa shape index (κ2) is 19.4. The number of nitriles is 1. The van der Waals surface area contributed by atoms with E-state index in [1.807, 2.05) is 72.9 Å². The van der Waals surface area contributed by atoms with Crippen LogP contribution >= 0.6 is 0 Å². The first kappa shape index (κ1) is 47.8. The molecular weight excluding hydrogens is 1060 g/mol. The van der Waals surface area contributed by atoms with Crippen LogP contribution in [0, 0.1) is 23.5 Å². The number of imidazole rings is 1. The minimum absolute atomic E-state index is 0. The fourth-order valence-electron chi connectivity index (χ4n) is 9.82. The molecule has 0 unspecified atom stereocenters. The summed E-state index contributed by atoms with van der Waals surface area (Å²) in [5.74, 6) is 1.10. The van der Waals surface area contributed by atoms with Crippen LogP contribution in [0.2, 0.25) is 0 Å². The summed E-state index contributed by atoms with van der Waals surface area (Å²) in [5.41, 5.74) is 17.9. The topological polar surface area (TPSA) is 80.8 Å². The van der Waals surface area contributed by atoms with Crippen LogP contribution in [-0.2, 0) is 25.5 Å². The third-order valence-corrected chi connectivity index (χ3v) is 13.5. The summed E-state index contributed by atoms with van der Waals surface area (Å²) in [4.78, 5) is 9.74. The van der Waals surface area contributed by atoms with E-state index >= 15 is 0 Å². The van der Waals surface area contributed by atoms with Gasteiger partial charge in [-0.2, -0.15) is 5.26 Å². The number of benzene rings is 8. The van der Waals surface area contributed by atoms with Gasteiger partial charge in [0.25, 0.3) is 0 Å². The first-order valence-electron chi connectivity index (χ1n) is 24.3. The Morgan fingerprint density at radius 1 is 0.597 bits per heavy atom. The van der Waals surface area contributed by atoms with Gasteiger partial charge in [-0.05, 0) is 111 Å². The summed E-state index contributed by atoms with van der Waals surface area (Å²) >= 11 is 0. The van der Waals surface area contributed by atoms with Gasteiger partial charge in [0.05, 0.1) is 34.1 Å². The van der Waals surface area contributed by atoms with Crippen molar-refractivity contribution in [1.29, 1.82) is 5.26 Å². The summed E-state index contributed by atoms with van der Waals surface area (Å²) in [6.45, 7) is 15.7. The molecule has 0 atom stereocenters. The summed E-state index contributed by atoms with van der Waals surface area (Å²) in [6.07, 6.45) is 1.87. The zero-order valence-electron chi connectivity index (χ0n) is 41.3. The number of pyridine rings is 1. The van der Waals surface area contributed by atoms with Crippen LogP contribution in [0.4, 0.5) is 0 Å². The zero-order valence-corrected chi connectivity index (χ0v) is 43.7. The van der Waals surface area contributed by atoms with Gasteiger partial charge in [-0.25, -0.2) is 0 Å². The predicted octanol–water partition coefficient (Wildman–Crippen LogP) is 17.6. The Balaban J connectivity index is 0.000000300. The van der Waals surface area contributed by atoms with Crippen LogP contribution in [0.3, 0.4) is 0 Å². The maximum Gasteiger partial charge on any atom is 0.140 e. The molecule has 8 aromatic carbocycles. The van der Waals surface area contributed by atoms with Gasteiger partial charge < -0.3 is 18.4 Å². The van der Waals surface area contributed by atoms with Crippen molar-refractivity contribution in [2.45, 2.75) is 65.7 Å². The second-order valence-corrected chi connectivity index (χ2v) is 19.9. The molecule has 12 aromatic rings.